The fourth-order valence-corrected chi connectivity index (χ4v) is 5.18. The van der Waals surface area contributed by atoms with Gasteiger partial charge < -0.3 is 34.5 Å². The summed E-state index contributed by atoms with van der Waals surface area (Å²) in [5.41, 5.74) is -5.11. The number of hydrogen-bond acceptors (Lipinski definition) is 11. The molecule has 21 heteroatoms. The van der Waals surface area contributed by atoms with Gasteiger partial charge in [0.25, 0.3) is 11.4 Å². The lowest BCUT2D eigenvalue weighted by atomic mass is 9.95. The fourth-order valence-electron chi connectivity index (χ4n) is 2.30. The van der Waals surface area contributed by atoms with Gasteiger partial charge in [-0.15, -0.1) is 0 Å². The molecule has 6 atom stereocenters. The summed E-state index contributed by atoms with van der Waals surface area (Å²) in [7, 11) is -18.2. The third-order valence-electron chi connectivity index (χ3n) is 3.51. The minimum Gasteiger partial charge on any atom is -0.384 e. The molecule has 2 heterocycles. The van der Waals surface area contributed by atoms with Crippen molar-refractivity contribution in [3.63, 3.8) is 0 Å². The Morgan fingerprint density at radius 1 is 1.26 bits per heavy atom. The highest BCUT2D eigenvalue weighted by molar-refractivity contribution is 7.66. The number of aromatic nitrogens is 2. The number of hydrogen-bond donors (Lipinski definition) is 7. The lowest BCUT2D eigenvalue weighted by Crippen LogP contribution is -2.50. The van der Waals surface area contributed by atoms with Crippen LogP contribution in [0, 0.1) is 0 Å². The Hall–Kier alpha value is -1.10. The maximum Gasteiger partial charge on any atom is 0.490 e. The number of halogens is 1. The second kappa shape index (κ2) is 8.35. The van der Waals surface area contributed by atoms with Crippen molar-refractivity contribution in [2.75, 3.05) is 6.56 Å². The van der Waals surface area contributed by atoms with Crippen LogP contribution >= 0.6 is 23.5 Å². The minimum absolute atomic E-state index is 0.326. The first kappa shape index (κ1) is 23.1. The normalized spacial score (nSPS) is 34.5. The molecule has 0 saturated carbocycles. The van der Waals surface area contributed by atoms with Crippen LogP contribution in [0.2, 0.25) is 0 Å². The van der Waals surface area contributed by atoms with Gasteiger partial charge in [-0.1, -0.05) is 0 Å². The topological polar surface area (TPSA) is 264 Å². The largest absolute Gasteiger partial charge is 0.490 e. The number of rotatable bonds is 8. The molecule has 0 aromatic carbocycles. The number of nitrogens with one attached hydrogen (secondary N) is 1. The van der Waals surface area contributed by atoms with E-state index in [0.717, 1.165) is 0 Å². The number of alkyl halides is 1. The summed E-state index contributed by atoms with van der Waals surface area (Å²) in [6.07, 6.45) is -4.59. The first-order chi connectivity index (χ1) is 14.5. The van der Waals surface area contributed by atoms with Crippen molar-refractivity contribution < 1.29 is 68.5 Å². The van der Waals surface area contributed by atoms with E-state index >= 15 is 4.39 Å². The highest BCUT2D eigenvalue weighted by Crippen LogP contribution is 2.66. The quantitative estimate of drug-likeness (QED) is 0.187. The van der Waals surface area contributed by atoms with E-state index in [1.54, 1.807) is 4.98 Å². The van der Waals surface area contributed by atoms with Crippen molar-refractivity contribution in [2.45, 2.75) is 30.7 Å². The molecule has 7 N–H and O–H groups in total. The number of phosphoric ester groups is 1. The third-order valence-corrected chi connectivity index (χ3v) is 7.16. The van der Waals surface area contributed by atoms with E-state index in [0.29, 0.717) is 23.8 Å². The smallest absolute Gasteiger partial charge is 0.384 e. The van der Waals surface area contributed by atoms with Gasteiger partial charge in [-0.3, -0.25) is 18.9 Å². The Morgan fingerprint density at radius 3 is 2.35 bits per heavy atom. The molecule has 31 heavy (non-hydrogen) atoms. The van der Waals surface area contributed by atoms with Crippen molar-refractivity contribution in [1.82, 2.24) is 9.55 Å². The van der Waals surface area contributed by atoms with Crippen molar-refractivity contribution >= 4 is 23.5 Å². The minimum atomic E-state index is -6.28. The molecule has 0 spiro atoms. The Labute approximate surface area is 172 Å². The van der Waals surface area contributed by atoms with Crippen LogP contribution < -0.4 is 11.2 Å². The molecule has 0 radical (unpaired) electrons. The number of phosphoric acid groups is 3. The monoisotopic (exact) mass is 518 g/mol. The molecule has 17 nitrogen and oxygen atoms in total. The van der Waals surface area contributed by atoms with Gasteiger partial charge in [0.15, 0.2) is 6.23 Å². The molecule has 0 amide bonds. The van der Waals surface area contributed by atoms with Crippen LogP contribution in [0.4, 0.5) is 4.39 Å². The van der Waals surface area contributed by atoms with Gasteiger partial charge in [0.1, 0.15) is 18.3 Å². The van der Waals surface area contributed by atoms with E-state index in [9.17, 15) is 38.4 Å². The molecule has 2 unspecified atom stereocenters. The first-order valence-corrected chi connectivity index (χ1v) is 12.0. The maximum atomic E-state index is 15.5. The summed E-state index contributed by atoms with van der Waals surface area (Å²) in [4.78, 5) is 60.3. The number of aromatic amines is 1. The number of aliphatic hydroxyl groups excluding tert-OH is 1. The zero-order valence-electron chi connectivity index (χ0n) is 16.8. The standard InChI is InChI=1S/C10H16FN2O15P3/c1-9(17)6(15)10(11,26-7(9)13-3-2-5(14)12-8(13)16)4-25-30(21,22)28-31(23,24)27-29(18,19)20/h2-3,6-7,15,17H,4H2,1H3,(H,21,22)(H,23,24)(H,12,14,16)(H2,18,19,20)/t6-,7+,9+,10+/m0/s1/i4D2. The van der Waals surface area contributed by atoms with Crippen LogP contribution in [0.5, 0.6) is 0 Å². The molecule has 1 aliphatic rings. The summed E-state index contributed by atoms with van der Waals surface area (Å²) in [6.45, 7) is -3.68. The average Bonchev–Trinajstić information content (AvgIpc) is 2.72. The Morgan fingerprint density at radius 2 is 1.84 bits per heavy atom. The molecule has 2 rings (SSSR count). The van der Waals surface area contributed by atoms with Crippen molar-refractivity contribution in [2.24, 2.45) is 0 Å². The zero-order chi connectivity index (χ0) is 25.8. The molecular formula is C10H16FN2O15P3. The summed E-state index contributed by atoms with van der Waals surface area (Å²) >= 11 is 0. The Kier molecular flexibility index (Phi) is 6.22. The van der Waals surface area contributed by atoms with E-state index < -0.39 is 65.1 Å². The van der Waals surface area contributed by atoms with Gasteiger partial charge in [-0.05, 0) is 6.92 Å². The molecule has 1 aliphatic heterocycles. The van der Waals surface area contributed by atoms with Crippen molar-refractivity contribution in [3.05, 3.63) is 33.1 Å². The predicted molar refractivity (Wildman–Crippen MR) is 91.7 cm³/mol. The molecule has 1 aromatic heterocycles. The van der Waals surface area contributed by atoms with Crippen molar-refractivity contribution in [1.29, 1.82) is 0 Å². The van der Waals surface area contributed by atoms with Gasteiger partial charge in [0.05, 0.1) is 2.74 Å². The average molecular weight is 518 g/mol. The molecule has 178 valence electrons. The van der Waals surface area contributed by atoms with Crippen LogP contribution in [-0.2, 0) is 31.6 Å². The van der Waals surface area contributed by atoms with Gasteiger partial charge in [-0.25, -0.2) is 22.9 Å². The number of aliphatic hydroxyl groups is 2. The maximum absolute atomic E-state index is 15.5. The molecule has 0 bridgehead atoms. The van der Waals surface area contributed by atoms with E-state index in [4.69, 9.17) is 17.4 Å². The molecular weight excluding hydrogens is 500 g/mol. The third kappa shape index (κ3) is 6.24. The zero-order valence-corrected chi connectivity index (χ0v) is 17.5. The molecule has 0 aliphatic carbocycles. The van der Waals surface area contributed by atoms with Crippen LogP contribution in [-0.4, -0.2) is 63.5 Å². The summed E-state index contributed by atoms with van der Waals surface area (Å²) in [5.74, 6) is -4.30. The van der Waals surface area contributed by atoms with Gasteiger partial charge in [0.2, 0.25) is 0 Å². The number of nitrogens with zero attached hydrogens (tertiary/aromatic N) is 1. The first-order valence-electron chi connectivity index (χ1n) is 8.46. The van der Waals surface area contributed by atoms with Crippen molar-refractivity contribution in [3.8, 4) is 0 Å². The summed E-state index contributed by atoms with van der Waals surface area (Å²) < 4.78 is 79.9. The molecule has 1 fully saturated rings. The predicted octanol–water partition coefficient (Wildman–Crippen LogP) is -1.81. The Bertz CT molecular complexity index is 1180. The lowest BCUT2D eigenvalue weighted by molar-refractivity contribution is -0.205. The van der Waals surface area contributed by atoms with Crippen LogP contribution in [0.15, 0.2) is 21.9 Å². The Balaban J connectivity index is 2.40. The highest BCUT2D eigenvalue weighted by atomic mass is 31.3. The SMILES string of the molecule is [2H]C([2H])(OP(=O)(O)OP(=O)(O)OP(=O)(O)O)[C@@]1(F)O[C@@H](n2ccc(=O)[nH]c2=O)[C@](C)(O)[C@@H]1O. The number of H-pyrrole nitrogens is 1. The van der Waals surface area contributed by atoms with Crippen LogP contribution in [0.25, 0.3) is 0 Å². The van der Waals surface area contributed by atoms with Gasteiger partial charge in [0, 0.05) is 12.3 Å². The molecule has 1 aromatic rings. The number of ether oxygens (including phenoxy) is 1. The second-order valence-corrected chi connectivity index (χ2v) is 10.4. The van der Waals surface area contributed by atoms with Gasteiger partial charge in [-0.2, -0.15) is 8.62 Å². The fraction of sp³-hybridized carbons (Fsp3) is 0.600. The highest BCUT2D eigenvalue weighted by Gasteiger charge is 2.64. The van der Waals surface area contributed by atoms with E-state index in [2.05, 4.69) is 17.9 Å². The van der Waals surface area contributed by atoms with Gasteiger partial charge >= 0.3 is 29.2 Å². The summed E-state index contributed by atoms with van der Waals surface area (Å²) in [6, 6.07) is 0.714. The summed E-state index contributed by atoms with van der Waals surface area (Å²) in [5, 5.41) is 20.6. The van der Waals surface area contributed by atoms with E-state index in [1.807, 2.05) is 0 Å². The second-order valence-electron chi connectivity index (χ2n) is 6.05. The molecule has 1 saturated heterocycles. The van der Waals surface area contributed by atoms with E-state index in [-0.39, 0.29) is 0 Å². The van der Waals surface area contributed by atoms with E-state index in [1.165, 1.54) is 0 Å². The van der Waals surface area contributed by atoms with Crippen LogP contribution in [0.3, 0.4) is 0 Å². The lowest BCUT2D eigenvalue weighted by Gasteiger charge is -2.27. The van der Waals surface area contributed by atoms with Crippen LogP contribution in [0.1, 0.15) is 15.9 Å².